The molecule has 1 aliphatic rings. The summed E-state index contributed by atoms with van der Waals surface area (Å²) < 4.78 is 0. The average Bonchev–Trinajstić information content (AvgIpc) is 2.33. The standard InChI is InChI=1S/C13H15ClN2O4/c1-8(2)13(18)6-15(7-13)12(17)11-9(14)4-3-5-10(11)16(19)20/h3-5,8,18H,6-7H2,1-2H3. The van der Waals surface area contributed by atoms with E-state index in [1.807, 2.05) is 13.8 Å². The van der Waals surface area contributed by atoms with Gasteiger partial charge in [0.2, 0.25) is 0 Å². The van der Waals surface area contributed by atoms with E-state index < -0.39 is 16.4 Å². The van der Waals surface area contributed by atoms with Crippen molar-refractivity contribution in [2.75, 3.05) is 13.1 Å². The van der Waals surface area contributed by atoms with Crippen LogP contribution in [0.15, 0.2) is 18.2 Å². The van der Waals surface area contributed by atoms with E-state index in [0.29, 0.717) is 0 Å². The maximum atomic E-state index is 12.3. The fraction of sp³-hybridized carbons (Fsp3) is 0.462. The third-order valence-electron chi connectivity index (χ3n) is 3.69. The number of likely N-dealkylation sites (tertiary alicyclic amines) is 1. The molecule has 0 aliphatic carbocycles. The number of benzene rings is 1. The Labute approximate surface area is 121 Å². The van der Waals surface area contributed by atoms with Crippen molar-refractivity contribution in [1.29, 1.82) is 0 Å². The molecule has 1 amide bonds. The van der Waals surface area contributed by atoms with E-state index in [0.717, 1.165) is 0 Å². The fourth-order valence-corrected chi connectivity index (χ4v) is 2.41. The number of nitrogens with zero attached hydrogens (tertiary/aromatic N) is 2. The largest absolute Gasteiger partial charge is 0.386 e. The Morgan fingerprint density at radius 3 is 2.60 bits per heavy atom. The highest BCUT2D eigenvalue weighted by molar-refractivity contribution is 6.34. The molecule has 0 unspecified atom stereocenters. The molecule has 2 rings (SSSR count). The number of aliphatic hydroxyl groups is 1. The first-order valence-electron chi connectivity index (χ1n) is 6.21. The van der Waals surface area contributed by atoms with Crippen LogP contribution in [0.5, 0.6) is 0 Å². The summed E-state index contributed by atoms with van der Waals surface area (Å²) in [5, 5.41) is 21.2. The van der Waals surface area contributed by atoms with Gasteiger partial charge in [-0.3, -0.25) is 14.9 Å². The molecule has 0 spiro atoms. The van der Waals surface area contributed by atoms with Crippen LogP contribution in [0.1, 0.15) is 24.2 Å². The van der Waals surface area contributed by atoms with E-state index in [9.17, 15) is 20.0 Å². The highest BCUT2D eigenvalue weighted by Gasteiger charge is 2.47. The number of rotatable bonds is 3. The number of hydrogen-bond acceptors (Lipinski definition) is 4. The van der Waals surface area contributed by atoms with Gasteiger partial charge in [0.15, 0.2) is 0 Å². The molecule has 7 heteroatoms. The number of nitro groups is 1. The first-order valence-corrected chi connectivity index (χ1v) is 6.58. The van der Waals surface area contributed by atoms with E-state index in [-0.39, 0.29) is 35.3 Å². The molecule has 1 heterocycles. The third kappa shape index (κ3) is 2.36. The van der Waals surface area contributed by atoms with Crippen LogP contribution < -0.4 is 0 Å². The van der Waals surface area contributed by atoms with E-state index >= 15 is 0 Å². The van der Waals surface area contributed by atoms with Gasteiger partial charge in [-0.15, -0.1) is 0 Å². The van der Waals surface area contributed by atoms with Crippen molar-refractivity contribution in [2.45, 2.75) is 19.4 Å². The van der Waals surface area contributed by atoms with Crippen LogP contribution in [0.4, 0.5) is 5.69 Å². The van der Waals surface area contributed by atoms with E-state index in [1.165, 1.54) is 23.1 Å². The van der Waals surface area contributed by atoms with Gasteiger partial charge < -0.3 is 10.0 Å². The fourth-order valence-electron chi connectivity index (χ4n) is 2.16. The van der Waals surface area contributed by atoms with Crippen LogP contribution in [0.2, 0.25) is 5.02 Å². The summed E-state index contributed by atoms with van der Waals surface area (Å²) in [5.41, 5.74) is -1.36. The minimum Gasteiger partial charge on any atom is -0.386 e. The lowest BCUT2D eigenvalue weighted by molar-refractivity contribution is -0.385. The molecular formula is C13H15ClN2O4. The van der Waals surface area contributed by atoms with Crippen LogP contribution >= 0.6 is 11.6 Å². The monoisotopic (exact) mass is 298 g/mol. The number of β-amino-alcohol motifs (C(OH)–C–C–N with tert-alkyl or cyclic N) is 1. The van der Waals surface area contributed by atoms with Gasteiger partial charge >= 0.3 is 0 Å². The highest BCUT2D eigenvalue weighted by Crippen LogP contribution is 2.33. The summed E-state index contributed by atoms with van der Waals surface area (Å²) >= 11 is 5.91. The van der Waals surface area contributed by atoms with Crippen molar-refractivity contribution in [1.82, 2.24) is 4.90 Å². The summed E-state index contributed by atoms with van der Waals surface area (Å²) in [4.78, 5) is 24.0. The molecule has 6 nitrogen and oxygen atoms in total. The molecule has 0 saturated carbocycles. The Kier molecular flexibility index (Phi) is 3.71. The van der Waals surface area contributed by atoms with E-state index in [1.54, 1.807) is 0 Å². The zero-order valence-electron chi connectivity index (χ0n) is 11.2. The smallest absolute Gasteiger partial charge is 0.283 e. The van der Waals surface area contributed by atoms with Crippen LogP contribution in [0, 0.1) is 16.0 Å². The number of carbonyl (C=O) groups excluding carboxylic acids is 1. The molecule has 0 bridgehead atoms. The zero-order chi connectivity index (χ0) is 15.1. The molecule has 0 radical (unpaired) electrons. The van der Waals surface area contributed by atoms with Crippen LogP contribution in [0.3, 0.4) is 0 Å². The van der Waals surface area contributed by atoms with Crippen molar-refractivity contribution >= 4 is 23.2 Å². The van der Waals surface area contributed by atoms with Crippen molar-refractivity contribution in [3.8, 4) is 0 Å². The normalized spacial score (nSPS) is 16.9. The molecule has 0 atom stereocenters. The number of carbonyl (C=O) groups is 1. The molecule has 0 aromatic heterocycles. The second-order valence-electron chi connectivity index (χ2n) is 5.31. The lowest BCUT2D eigenvalue weighted by Crippen LogP contribution is -2.66. The van der Waals surface area contributed by atoms with Crippen molar-refractivity contribution in [2.24, 2.45) is 5.92 Å². The predicted octanol–water partition coefficient (Wildman–Crippen LogP) is 2.09. The van der Waals surface area contributed by atoms with Crippen LogP contribution in [0.25, 0.3) is 0 Å². The number of nitro benzene ring substituents is 1. The van der Waals surface area contributed by atoms with Crippen LogP contribution in [-0.2, 0) is 0 Å². The second kappa shape index (κ2) is 5.03. The minimum atomic E-state index is -0.925. The van der Waals surface area contributed by atoms with Crippen molar-refractivity contribution in [3.63, 3.8) is 0 Å². The quantitative estimate of drug-likeness (QED) is 0.684. The van der Waals surface area contributed by atoms with Gasteiger partial charge in [-0.2, -0.15) is 0 Å². The van der Waals surface area contributed by atoms with E-state index in [2.05, 4.69) is 0 Å². The SMILES string of the molecule is CC(C)C1(O)CN(C(=O)c2c(Cl)cccc2[N+](=O)[O-])C1. The molecule has 1 fully saturated rings. The number of hydrogen-bond donors (Lipinski definition) is 1. The van der Waals surface area contributed by atoms with Gasteiger partial charge in [-0.05, 0) is 12.0 Å². The maximum absolute atomic E-state index is 12.3. The molecule has 1 aliphatic heterocycles. The van der Waals surface area contributed by atoms with Gasteiger partial charge in [0, 0.05) is 6.07 Å². The Hall–Kier alpha value is -1.66. The predicted molar refractivity (Wildman–Crippen MR) is 73.8 cm³/mol. The molecule has 20 heavy (non-hydrogen) atoms. The van der Waals surface area contributed by atoms with Gasteiger partial charge in [-0.1, -0.05) is 31.5 Å². The maximum Gasteiger partial charge on any atom is 0.283 e. The number of amides is 1. The molecule has 1 N–H and O–H groups in total. The van der Waals surface area contributed by atoms with Gasteiger partial charge in [-0.25, -0.2) is 0 Å². The molecular weight excluding hydrogens is 284 g/mol. The minimum absolute atomic E-state index is 0.00720. The summed E-state index contributed by atoms with van der Waals surface area (Å²) in [6, 6.07) is 4.11. The van der Waals surface area contributed by atoms with Crippen LogP contribution in [-0.4, -0.2) is 39.5 Å². The Bertz CT molecular complexity index is 567. The van der Waals surface area contributed by atoms with Crippen molar-refractivity contribution in [3.05, 3.63) is 38.9 Å². The zero-order valence-corrected chi connectivity index (χ0v) is 11.9. The Morgan fingerprint density at radius 2 is 2.10 bits per heavy atom. The molecule has 1 saturated heterocycles. The van der Waals surface area contributed by atoms with Gasteiger partial charge in [0.1, 0.15) is 11.2 Å². The second-order valence-corrected chi connectivity index (χ2v) is 5.72. The average molecular weight is 299 g/mol. The summed E-state index contributed by atoms with van der Waals surface area (Å²) in [6.45, 7) is 4.04. The topological polar surface area (TPSA) is 83.7 Å². The first kappa shape index (κ1) is 14.7. The summed E-state index contributed by atoms with van der Waals surface area (Å²) in [7, 11) is 0. The number of halogens is 1. The molecule has 108 valence electrons. The summed E-state index contributed by atoms with van der Waals surface area (Å²) in [5.74, 6) is -0.514. The Morgan fingerprint density at radius 1 is 1.50 bits per heavy atom. The third-order valence-corrected chi connectivity index (χ3v) is 4.01. The molecule has 1 aromatic rings. The van der Waals surface area contributed by atoms with E-state index in [4.69, 9.17) is 11.6 Å². The van der Waals surface area contributed by atoms with Crippen molar-refractivity contribution < 1.29 is 14.8 Å². The summed E-state index contributed by atoms with van der Waals surface area (Å²) in [6.07, 6.45) is 0. The lowest BCUT2D eigenvalue weighted by Gasteiger charge is -2.49. The molecule has 1 aromatic carbocycles. The van der Waals surface area contributed by atoms with Gasteiger partial charge in [0.25, 0.3) is 11.6 Å². The lowest BCUT2D eigenvalue weighted by atomic mass is 9.82. The van der Waals surface area contributed by atoms with Gasteiger partial charge in [0.05, 0.1) is 23.0 Å². The first-order chi connectivity index (χ1) is 9.26. The highest BCUT2D eigenvalue weighted by atomic mass is 35.5. The Balaban J connectivity index is 2.26.